The molecule has 94 valence electrons. The Labute approximate surface area is 118 Å². The van der Waals surface area contributed by atoms with E-state index in [4.69, 9.17) is 5.26 Å². The SMILES string of the molecule is N#CC(C(=O)c1ccc(Br)cc1F)c1ccccc1. The van der Waals surface area contributed by atoms with Crippen LogP contribution in [0.3, 0.4) is 0 Å². The fraction of sp³-hybridized carbons (Fsp3) is 0.0667. The maximum Gasteiger partial charge on any atom is 0.187 e. The van der Waals surface area contributed by atoms with E-state index in [1.807, 2.05) is 6.07 Å². The molecule has 2 nitrogen and oxygen atoms in total. The first kappa shape index (κ1) is 13.4. The van der Waals surface area contributed by atoms with Crippen LogP contribution in [0.15, 0.2) is 53.0 Å². The van der Waals surface area contributed by atoms with Gasteiger partial charge in [0.25, 0.3) is 0 Å². The Morgan fingerprint density at radius 2 is 1.89 bits per heavy atom. The van der Waals surface area contributed by atoms with Crippen molar-refractivity contribution in [3.8, 4) is 6.07 Å². The van der Waals surface area contributed by atoms with Gasteiger partial charge in [-0.3, -0.25) is 4.79 Å². The molecule has 0 aliphatic rings. The first-order valence-corrected chi connectivity index (χ1v) is 6.36. The molecule has 1 atom stereocenters. The van der Waals surface area contributed by atoms with Crippen molar-refractivity contribution in [2.24, 2.45) is 0 Å². The average molecular weight is 318 g/mol. The minimum Gasteiger partial charge on any atom is -0.292 e. The Morgan fingerprint density at radius 1 is 1.21 bits per heavy atom. The summed E-state index contributed by atoms with van der Waals surface area (Å²) in [6.07, 6.45) is 0. The van der Waals surface area contributed by atoms with E-state index >= 15 is 0 Å². The number of carbonyl (C=O) groups excluding carboxylic acids is 1. The Kier molecular flexibility index (Phi) is 4.08. The summed E-state index contributed by atoms with van der Waals surface area (Å²) in [6, 6.07) is 14.8. The number of benzene rings is 2. The van der Waals surface area contributed by atoms with Gasteiger partial charge in [-0.15, -0.1) is 0 Å². The smallest absolute Gasteiger partial charge is 0.187 e. The predicted molar refractivity (Wildman–Crippen MR) is 73.2 cm³/mol. The summed E-state index contributed by atoms with van der Waals surface area (Å²) in [5, 5.41) is 9.15. The number of nitrogens with zero attached hydrogens (tertiary/aromatic N) is 1. The lowest BCUT2D eigenvalue weighted by molar-refractivity contribution is 0.0975. The van der Waals surface area contributed by atoms with E-state index in [-0.39, 0.29) is 5.56 Å². The highest BCUT2D eigenvalue weighted by Gasteiger charge is 2.24. The molecule has 0 bridgehead atoms. The lowest BCUT2D eigenvalue weighted by Gasteiger charge is -2.09. The highest BCUT2D eigenvalue weighted by molar-refractivity contribution is 9.10. The first-order chi connectivity index (χ1) is 9.13. The zero-order chi connectivity index (χ0) is 13.8. The predicted octanol–water partition coefficient (Wildman–Crippen LogP) is 4.08. The van der Waals surface area contributed by atoms with Gasteiger partial charge in [0.1, 0.15) is 11.7 Å². The minimum atomic E-state index is -0.989. The molecule has 19 heavy (non-hydrogen) atoms. The molecule has 0 aliphatic carbocycles. The zero-order valence-electron chi connectivity index (χ0n) is 9.81. The molecule has 0 radical (unpaired) electrons. The highest BCUT2D eigenvalue weighted by Crippen LogP contribution is 2.23. The number of Topliss-reactive ketones (excluding diaryl/α,β-unsaturated/α-hetero) is 1. The van der Waals surface area contributed by atoms with Crippen LogP contribution in [0.25, 0.3) is 0 Å². The van der Waals surface area contributed by atoms with Gasteiger partial charge in [-0.05, 0) is 23.8 Å². The summed E-state index contributed by atoms with van der Waals surface area (Å²) in [6.45, 7) is 0. The summed E-state index contributed by atoms with van der Waals surface area (Å²) in [5.41, 5.74) is 0.496. The Balaban J connectivity index is 2.40. The van der Waals surface area contributed by atoms with E-state index in [0.29, 0.717) is 10.0 Å². The quantitative estimate of drug-likeness (QED) is 0.800. The van der Waals surface area contributed by atoms with E-state index in [1.54, 1.807) is 36.4 Å². The van der Waals surface area contributed by atoms with Crippen LogP contribution in [0.5, 0.6) is 0 Å². The van der Waals surface area contributed by atoms with Gasteiger partial charge in [-0.2, -0.15) is 5.26 Å². The van der Waals surface area contributed by atoms with Crippen molar-refractivity contribution in [2.75, 3.05) is 0 Å². The van der Waals surface area contributed by atoms with Crippen molar-refractivity contribution in [2.45, 2.75) is 5.92 Å². The molecule has 2 aromatic rings. The van der Waals surface area contributed by atoms with Crippen molar-refractivity contribution in [1.82, 2.24) is 0 Å². The topological polar surface area (TPSA) is 40.9 Å². The minimum absolute atomic E-state index is 0.0707. The third-order valence-corrected chi connectivity index (χ3v) is 3.21. The van der Waals surface area contributed by atoms with E-state index in [9.17, 15) is 9.18 Å². The number of halogens is 2. The van der Waals surface area contributed by atoms with Crippen LogP contribution >= 0.6 is 15.9 Å². The third-order valence-electron chi connectivity index (χ3n) is 2.72. The fourth-order valence-electron chi connectivity index (χ4n) is 1.77. The summed E-state index contributed by atoms with van der Waals surface area (Å²) >= 11 is 3.13. The molecular weight excluding hydrogens is 309 g/mol. The van der Waals surface area contributed by atoms with E-state index in [0.717, 1.165) is 0 Å². The van der Waals surface area contributed by atoms with Gasteiger partial charge in [0.05, 0.1) is 11.6 Å². The molecule has 0 saturated heterocycles. The second kappa shape index (κ2) is 5.77. The molecule has 2 rings (SSSR count). The van der Waals surface area contributed by atoms with Crippen LogP contribution in [0.2, 0.25) is 0 Å². The molecule has 0 saturated carbocycles. The zero-order valence-corrected chi connectivity index (χ0v) is 11.4. The van der Waals surface area contributed by atoms with Crippen LogP contribution in [-0.2, 0) is 0 Å². The van der Waals surface area contributed by atoms with Crippen molar-refractivity contribution >= 4 is 21.7 Å². The molecule has 0 aromatic heterocycles. The highest BCUT2D eigenvalue weighted by atomic mass is 79.9. The van der Waals surface area contributed by atoms with E-state index < -0.39 is 17.5 Å². The van der Waals surface area contributed by atoms with Crippen LogP contribution in [0.1, 0.15) is 21.8 Å². The Morgan fingerprint density at radius 3 is 2.47 bits per heavy atom. The summed E-state index contributed by atoms with van der Waals surface area (Å²) < 4.78 is 14.3. The Hall–Kier alpha value is -1.99. The standard InChI is InChI=1S/C15H9BrFNO/c16-11-6-7-12(14(17)8-11)15(19)13(9-18)10-4-2-1-3-5-10/h1-8,13H. The van der Waals surface area contributed by atoms with Gasteiger partial charge in [-0.1, -0.05) is 46.3 Å². The van der Waals surface area contributed by atoms with Gasteiger partial charge < -0.3 is 0 Å². The number of ketones is 1. The number of hydrogen-bond donors (Lipinski definition) is 0. The van der Waals surface area contributed by atoms with E-state index in [2.05, 4.69) is 15.9 Å². The molecule has 0 spiro atoms. The van der Waals surface area contributed by atoms with E-state index in [1.165, 1.54) is 12.1 Å². The van der Waals surface area contributed by atoms with Gasteiger partial charge >= 0.3 is 0 Å². The van der Waals surface area contributed by atoms with Gasteiger partial charge in [0.15, 0.2) is 5.78 Å². The second-order valence-corrected chi connectivity index (χ2v) is 4.88. The summed E-state index contributed by atoms with van der Waals surface area (Å²) in [7, 11) is 0. The van der Waals surface area contributed by atoms with Crippen LogP contribution < -0.4 is 0 Å². The number of nitriles is 1. The summed E-state index contributed by atoms with van der Waals surface area (Å²) in [5.74, 6) is -2.15. The number of hydrogen-bond acceptors (Lipinski definition) is 2. The molecule has 0 fully saturated rings. The van der Waals surface area contributed by atoms with Crippen molar-refractivity contribution in [1.29, 1.82) is 5.26 Å². The molecule has 0 amide bonds. The number of rotatable bonds is 3. The molecule has 4 heteroatoms. The second-order valence-electron chi connectivity index (χ2n) is 3.96. The monoisotopic (exact) mass is 317 g/mol. The van der Waals surface area contributed by atoms with Gasteiger partial charge in [-0.25, -0.2) is 4.39 Å². The van der Waals surface area contributed by atoms with Crippen LogP contribution in [0.4, 0.5) is 4.39 Å². The fourth-order valence-corrected chi connectivity index (χ4v) is 2.11. The molecule has 1 unspecified atom stereocenters. The molecular formula is C15H9BrFNO. The lowest BCUT2D eigenvalue weighted by atomic mass is 9.92. The lowest BCUT2D eigenvalue weighted by Crippen LogP contribution is -2.12. The largest absolute Gasteiger partial charge is 0.292 e. The molecule has 0 heterocycles. The maximum absolute atomic E-state index is 13.8. The van der Waals surface area contributed by atoms with Crippen molar-refractivity contribution in [3.05, 3.63) is 69.9 Å². The molecule has 0 aliphatic heterocycles. The Bertz CT molecular complexity index is 649. The van der Waals surface area contributed by atoms with Crippen LogP contribution in [0, 0.1) is 17.1 Å². The van der Waals surface area contributed by atoms with Gasteiger partial charge in [0.2, 0.25) is 0 Å². The van der Waals surface area contributed by atoms with Crippen LogP contribution in [-0.4, -0.2) is 5.78 Å². The molecule has 2 aromatic carbocycles. The first-order valence-electron chi connectivity index (χ1n) is 5.57. The average Bonchev–Trinajstić information content (AvgIpc) is 2.40. The molecule has 0 N–H and O–H groups in total. The number of carbonyl (C=O) groups is 1. The third kappa shape index (κ3) is 2.88. The van der Waals surface area contributed by atoms with Gasteiger partial charge in [0, 0.05) is 4.47 Å². The summed E-state index contributed by atoms with van der Waals surface area (Å²) in [4.78, 5) is 12.2. The maximum atomic E-state index is 13.8. The van der Waals surface area contributed by atoms with Crippen molar-refractivity contribution < 1.29 is 9.18 Å². The normalized spacial score (nSPS) is 11.6. The van der Waals surface area contributed by atoms with Crippen molar-refractivity contribution in [3.63, 3.8) is 0 Å².